The molecule has 1 aromatic carbocycles. The third-order valence-electron chi connectivity index (χ3n) is 7.92. The van der Waals surface area contributed by atoms with Gasteiger partial charge in [0.25, 0.3) is 11.8 Å². The number of nitrogens with zero attached hydrogens (tertiary/aromatic N) is 3. The highest BCUT2D eigenvalue weighted by molar-refractivity contribution is 6.33. The Hall–Kier alpha value is -3.11. The van der Waals surface area contributed by atoms with E-state index in [1.165, 1.54) is 19.2 Å². The molecule has 4 N–H and O–H groups in total. The molecule has 2 saturated carbocycles. The first kappa shape index (κ1) is 26.5. The van der Waals surface area contributed by atoms with E-state index >= 15 is 0 Å². The van der Waals surface area contributed by atoms with Gasteiger partial charge >= 0.3 is 0 Å². The van der Waals surface area contributed by atoms with Crippen LogP contribution < -0.4 is 16.0 Å². The number of aromatic nitrogens is 2. The Balaban J connectivity index is 1.22. The fourth-order valence-electron chi connectivity index (χ4n) is 5.47. The van der Waals surface area contributed by atoms with Crippen LogP contribution in [0.1, 0.15) is 65.9 Å². The van der Waals surface area contributed by atoms with Crippen molar-refractivity contribution in [3.8, 4) is 0 Å². The number of morpholine rings is 1. The standard InChI is InChI=1S/C27H35ClN6O4/c28-21-8-7-20(33-11-13-38-14-12-33)15-22(21)32-26(36)18-3-5-19(6-4-18)34(10-9-17-1-2-17)27(37)24-23(25(29)35)30-16-31-24/h7-8,15-19H,1-6,9-14H2,(H2,29,35)(H,30,31)(H,32,36)/t18-,19-. The number of carbonyl (C=O) groups is 3. The Kier molecular flexibility index (Phi) is 8.18. The number of amides is 3. The van der Waals surface area contributed by atoms with E-state index in [-0.39, 0.29) is 35.2 Å². The molecule has 10 nitrogen and oxygen atoms in total. The number of primary amides is 1. The second kappa shape index (κ2) is 11.7. The molecule has 2 aromatic rings. The van der Waals surface area contributed by atoms with E-state index in [2.05, 4.69) is 20.2 Å². The van der Waals surface area contributed by atoms with Crippen LogP contribution in [0.25, 0.3) is 0 Å². The first-order chi connectivity index (χ1) is 18.4. The van der Waals surface area contributed by atoms with Crippen LogP contribution in [0.3, 0.4) is 0 Å². The predicted octanol–water partition coefficient (Wildman–Crippen LogP) is 3.44. The molecule has 2 aliphatic carbocycles. The van der Waals surface area contributed by atoms with E-state index in [0.717, 1.165) is 25.2 Å². The van der Waals surface area contributed by atoms with Crippen molar-refractivity contribution in [1.82, 2.24) is 14.9 Å². The Morgan fingerprint density at radius 3 is 2.55 bits per heavy atom. The Morgan fingerprint density at radius 2 is 1.87 bits per heavy atom. The molecule has 0 spiro atoms. The molecule has 38 heavy (non-hydrogen) atoms. The number of imidazole rings is 1. The number of halogens is 1. The third kappa shape index (κ3) is 6.13. The Bertz CT molecular complexity index is 1170. The maximum atomic E-state index is 13.4. The van der Waals surface area contributed by atoms with Crippen molar-refractivity contribution >= 4 is 40.7 Å². The van der Waals surface area contributed by atoms with Crippen LogP contribution in [-0.2, 0) is 9.53 Å². The highest BCUT2D eigenvalue weighted by Crippen LogP contribution is 2.35. The molecule has 1 saturated heterocycles. The Labute approximate surface area is 227 Å². The van der Waals surface area contributed by atoms with Crippen molar-refractivity contribution in [2.75, 3.05) is 43.1 Å². The highest BCUT2D eigenvalue weighted by Gasteiger charge is 2.35. The zero-order chi connectivity index (χ0) is 26.6. The van der Waals surface area contributed by atoms with Crippen LogP contribution in [-0.4, -0.2) is 71.5 Å². The number of rotatable bonds is 9. The van der Waals surface area contributed by atoms with Gasteiger partial charge in [-0.15, -0.1) is 0 Å². The molecule has 2 heterocycles. The first-order valence-electron chi connectivity index (χ1n) is 13.5. The normalized spacial score (nSPS) is 21.7. The van der Waals surface area contributed by atoms with Gasteiger partial charge < -0.3 is 30.6 Å². The molecule has 3 amide bonds. The molecule has 204 valence electrons. The lowest BCUT2D eigenvalue weighted by Gasteiger charge is -2.36. The lowest BCUT2D eigenvalue weighted by Crippen LogP contribution is -2.44. The van der Waals surface area contributed by atoms with Gasteiger partial charge in [0, 0.05) is 37.3 Å². The molecule has 0 radical (unpaired) electrons. The number of hydrogen-bond donors (Lipinski definition) is 3. The lowest BCUT2D eigenvalue weighted by molar-refractivity contribution is -0.121. The van der Waals surface area contributed by atoms with Gasteiger partial charge in [-0.3, -0.25) is 14.4 Å². The summed E-state index contributed by atoms with van der Waals surface area (Å²) in [6.45, 7) is 3.57. The monoisotopic (exact) mass is 542 g/mol. The van der Waals surface area contributed by atoms with Gasteiger partial charge in [-0.25, -0.2) is 4.98 Å². The van der Waals surface area contributed by atoms with E-state index in [1.807, 2.05) is 23.1 Å². The number of H-pyrrole nitrogens is 1. The second-order valence-electron chi connectivity index (χ2n) is 10.5. The fourth-order valence-corrected chi connectivity index (χ4v) is 5.63. The van der Waals surface area contributed by atoms with Crippen molar-refractivity contribution in [2.24, 2.45) is 17.6 Å². The second-order valence-corrected chi connectivity index (χ2v) is 10.9. The maximum absolute atomic E-state index is 13.4. The summed E-state index contributed by atoms with van der Waals surface area (Å²) in [6.07, 6.45) is 7.37. The minimum atomic E-state index is -0.704. The number of nitrogens with one attached hydrogen (secondary N) is 2. The van der Waals surface area contributed by atoms with E-state index in [9.17, 15) is 14.4 Å². The quantitative estimate of drug-likeness (QED) is 0.444. The van der Waals surface area contributed by atoms with Gasteiger partial charge in [0.1, 0.15) is 5.69 Å². The Morgan fingerprint density at radius 1 is 1.13 bits per heavy atom. The molecule has 1 aliphatic heterocycles. The average molecular weight is 543 g/mol. The van der Waals surface area contributed by atoms with E-state index in [0.29, 0.717) is 62.1 Å². The predicted molar refractivity (Wildman–Crippen MR) is 144 cm³/mol. The summed E-state index contributed by atoms with van der Waals surface area (Å²) in [7, 11) is 0. The van der Waals surface area contributed by atoms with Crippen molar-refractivity contribution in [1.29, 1.82) is 0 Å². The zero-order valence-corrected chi connectivity index (χ0v) is 22.2. The highest BCUT2D eigenvalue weighted by atomic mass is 35.5. The number of nitrogens with two attached hydrogens (primary N) is 1. The summed E-state index contributed by atoms with van der Waals surface area (Å²) in [5.74, 6) is -0.546. The first-order valence-corrected chi connectivity index (χ1v) is 13.9. The zero-order valence-electron chi connectivity index (χ0n) is 21.5. The summed E-state index contributed by atoms with van der Waals surface area (Å²) in [4.78, 5) is 49.3. The molecule has 0 atom stereocenters. The average Bonchev–Trinajstić information content (AvgIpc) is 3.62. The number of anilines is 2. The largest absolute Gasteiger partial charge is 0.378 e. The summed E-state index contributed by atoms with van der Waals surface area (Å²) in [6, 6.07) is 5.69. The molecule has 11 heteroatoms. The van der Waals surface area contributed by atoms with Gasteiger partial charge in [0.2, 0.25) is 5.91 Å². The minimum Gasteiger partial charge on any atom is -0.378 e. The number of aromatic amines is 1. The van der Waals surface area contributed by atoms with E-state index in [4.69, 9.17) is 22.1 Å². The topological polar surface area (TPSA) is 134 Å². The minimum absolute atomic E-state index is 0.0176. The summed E-state index contributed by atoms with van der Waals surface area (Å²) in [5.41, 5.74) is 7.17. The number of ether oxygens (including phenoxy) is 1. The number of carbonyl (C=O) groups excluding carboxylic acids is 3. The van der Waals surface area contributed by atoms with E-state index in [1.54, 1.807) is 0 Å². The molecular weight excluding hydrogens is 508 g/mol. The van der Waals surface area contributed by atoms with Crippen molar-refractivity contribution < 1.29 is 19.1 Å². The van der Waals surface area contributed by atoms with Crippen LogP contribution in [0.15, 0.2) is 24.5 Å². The molecule has 0 bridgehead atoms. The van der Waals surface area contributed by atoms with Crippen LogP contribution in [0.4, 0.5) is 11.4 Å². The summed E-state index contributed by atoms with van der Waals surface area (Å²) >= 11 is 6.42. The molecule has 1 aromatic heterocycles. The van der Waals surface area contributed by atoms with Crippen LogP contribution in [0.2, 0.25) is 5.02 Å². The van der Waals surface area contributed by atoms with Gasteiger partial charge in [-0.2, -0.15) is 0 Å². The van der Waals surface area contributed by atoms with Crippen LogP contribution in [0.5, 0.6) is 0 Å². The molecular formula is C27H35ClN6O4. The smallest absolute Gasteiger partial charge is 0.275 e. The maximum Gasteiger partial charge on any atom is 0.275 e. The molecule has 5 rings (SSSR count). The third-order valence-corrected chi connectivity index (χ3v) is 8.25. The van der Waals surface area contributed by atoms with Gasteiger partial charge in [-0.1, -0.05) is 24.4 Å². The van der Waals surface area contributed by atoms with Crippen molar-refractivity contribution in [3.05, 3.63) is 40.9 Å². The van der Waals surface area contributed by atoms with Crippen LogP contribution in [0, 0.1) is 11.8 Å². The molecule has 3 aliphatic rings. The fraction of sp³-hybridized carbons (Fsp3) is 0.556. The molecule has 3 fully saturated rings. The van der Waals surface area contributed by atoms with Crippen molar-refractivity contribution in [2.45, 2.75) is 51.0 Å². The van der Waals surface area contributed by atoms with Crippen LogP contribution >= 0.6 is 11.6 Å². The van der Waals surface area contributed by atoms with Gasteiger partial charge in [0.15, 0.2) is 5.69 Å². The number of benzene rings is 1. The summed E-state index contributed by atoms with van der Waals surface area (Å²) in [5, 5.41) is 3.55. The van der Waals surface area contributed by atoms with Gasteiger partial charge in [-0.05, 0) is 56.2 Å². The van der Waals surface area contributed by atoms with Gasteiger partial charge in [0.05, 0.1) is 30.3 Å². The number of hydrogen-bond acceptors (Lipinski definition) is 6. The van der Waals surface area contributed by atoms with Crippen molar-refractivity contribution in [3.63, 3.8) is 0 Å². The summed E-state index contributed by atoms with van der Waals surface area (Å²) < 4.78 is 5.44. The van der Waals surface area contributed by atoms with E-state index < -0.39 is 5.91 Å². The molecule has 0 unspecified atom stereocenters. The SMILES string of the molecule is NC(=O)c1[nH]cnc1C(=O)N(CCC1CC1)[C@H]1CC[C@H](C(=O)Nc2cc(N3CCOCC3)ccc2Cl)CC1. The lowest BCUT2D eigenvalue weighted by atomic mass is 9.84.